The molecule has 1 aliphatic heterocycles. The molecule has 0 unspecified atom stereocenters. The second-order valence-corrected chi connectivity index (χ2v) is 6.49. The Kier molecular flexibility index (Phi) is 4.35. The molecular weight excluding hydrogens is 330 g/mol. The molecule has 1 saturated heterocycles. The number of nitrogens with zero attached hydrogens (tertiary/aromatic N) is 3. The van der Waals surface area contributed by atoms with Crippen molar-refractivity contribution in [2.24, 2.45) is 0 Å². The van der Waals surface area contributed by atoms with Gasteiger partial charge in [-0.2, -0.15) is 5.10 Å². The summed E-state index contributed by atoms with van der Waals surface area (Å²) in [5, 5.41) is 6.75. The largest absolute Gasteiger partial charge is 0.338 e. The predicted molar refractivity (Wildman–Crippen MR) is 96.8 cm³/mol. The molecule has 1 amide bonds. The number of amides is 1. The number of carbonyl (C=O) groups is 1. The Morgan fingerprint density at radius 1 is 1.23 bits per heavy atom. The highest BCUT2D eigenvalue weighted by atomic mass is 16.2. The number of aromatic nitrogens is 4. The third-order valence-electron chi connectivity index (χ3n) is 4.77. The van der Waals surface area contributed by atoms with E-state index in [-0.39, 0.29) is 17.4 Å². The van der Waals surface area contributed by atoms with Crippen LogP contribution in [-0.4, -0.2) is 44.1 Å². The molecule has 7 heteroatoms. The first-order valence-electron chi connectivity index (χ1n) is 8.64. The summed E-state index contributed by atoms with van der Waals surface area (Å²) in [5.74, 6) is 0.0944. The van der Waals surface area contributed by atoms with Crippen molar-refractivity contribution in [2.45, 2.75) is 18.8 Å². The van der Waals surface area contributed by atoms with Crippen molar-refractivity contribution in [3.05, 3.63) is 70.7 Å². The van der Waals surface area contributed by atoms with Crippen LogP contribution in [0.1, 0.15) is 34.8 Å². The molecule has 1 atom stereocenters. The van der Waals surface area contributed by atoms with Gasteiger partial charge in [0, 0.05) is 42.4 Å². The number of H-pyrrole nitrogens is 2. The molecule has 0 radical (unpaired) electrons. The molecule has 2 N–H and O–H groups in total. The van der Waals surface area contributed by atoms with Crippen LogP contribution in [0.3, 0.4) is 0 Å². The maximum absolute atomic E-state index is 13.0. The van der Waals surface area contributed by atoms with Gasteiger partial charge in [-0.3, -0.25) is 14.7 Å². The zero-order valence-corrected chi connectivity index (χ0v) is 14.2. The number of hydrogen-bond acceptors (Lipinski definition) is 4. The van der Waals surface area contributed by atoms with Crippen LogP contribution in [-0.2, 0) is 0 Å². The number of benzene rings is 1. The lowest BCUT2D eigenvalue weighted by Gasteiger charge is -2.32. The molecule has 26 heavy (non-hydrogen) atoms. The molecule has 2 aromatic heterocycles. The topological polar surface area (TPSA) is 94.7 Å². The molecule has 4 rings (SSSR count). The van der Waals surface area contributed by atoms with E-state index in [0.717, 1.165) is 29.7 Å². The Balaban J connectivity index is 1.54. The van der Waals surface area contributed by atoms with E-state index in [1.807, 2.05) is 29.2 Å². The maximum Gasteiger partial charge on any atom is 0.253 e. The summed E-state index contributed by atoms with van der Waals surface area (Å²) in [6.45, 7) is 1.29. The summed E-state index contributed by atoms with van der Waals surface area (Å²) >= 11 is 0. The van der Waals surface area contributed by atoms with Crippen molar-refractivity contribution in [3.63, 3.8) is 0 Å². The Morgan fingerprint density at radius 3 is 2.96 bits per heavy atom. The number of rotatable bonds is 3. The van der Waals surface area contributed by atoms with E-state index < -0.39 is 0 Å². The first-order chi connectivity index (χ1) is 12.7. The smallest absolute Gasteiger partial charge is 0.253 e. The lowest BCUT2D eigenvalue weighted by Crippen LogP contribution is -2.39. The van der Waals surface area contributed by atoms with Crippen molar-refractivity contribution < 1.29 is 4.79 Å². The molecular formula is C19H19N5O2. The van der Waals surface area contributed by atoms with Gasteiger partial charge < -0.3 is 9.88 Å². The number of hydrogen-bond donors (Lipinski definition) is 2. The molecule has 3 heterocycles. The van der Waals surface area contributed by atoms with Crippen LogP contribution in [0.2, 0.25) is 0 Å². The van der Waals surface area contributed by atoms with Crippen molar-refractivity contribution in [1.29, 1.82) is 0 Å². The minimum absolute atomic E-state index is 0.00452. The van der Waals surface area contributed by atoms with Crippen LogP contribution in [0.15, 0.2) is 53.8 Å². The van der Waals surface area contributed by atoms with Gasteiger partial charge in [0.25, 0.3) is 11.5 Å². The molecule has 1 aromatic carbocycles. The summed E-state index contributed by atoms with van der Waals surface area (Å²) in [4.78, 5) is 33.2. The second-order valence-electron chi connectivity index (χ2n) is 6.49. The summed E-state index contributed by atoms with van der Waals surface area (Å²) in [7, 11) is 0. The molecule has 0 spiro atoms. The molecule has 0 aliphatic carbocycles. The average Bonchev–Trinajstić information content (AvgIpc) is 3.22. The van der Waals surface area contributed by atoms with Gasteiger partial charge in [0.15, 0.2) is 0 Å². The highest BCUT2D eigenvalue weighted by molar-refractivity contribution is 5.95. The number of carbonyl (C=O) groups excluding carboxylic acids is 1. The van der Waals surface area contributed by atoms with Crippen molar-refractivity contribution in [2.75, 3.05) is 13.1 Å². The lowest BCUT2D eigenvalue weighted by molar-refractivity contribution is 0.0706. The van der Waals surface area contributed by atoms with Gasteiger partial charge in [-0.25, -0.2) is 4.98 Å². The van der Waals surface area contributed by atoms with Crippen LogP contribution in [0, 0.1) is 0 Å². The summed E-state index contributed by atoms with van der Waals surface area (Å²) < 4.78 is 0. The highest BCUT2D eigenvalue weighted by Crippen LogP contribution is 2.26. The quantitative estimate of drug-likeness (QED) is 0.758. The van der Waals surface area contributed by atoms with Crippen LogP contribution < -0.4 is 5.56 Å². The van der Waals surface area contributed by atoms with E-state index in [0.29, 0.717) is 18.7 Å². The van der Waals surface area contributed by atoms with E-state index >= 15 is 0 Å². The van der Waals surface area contributed by atoms with Crippen molar-refractivity contribution in [1.82, 2.24) is 25.1 Å². The van der Waals surface area contributed by atoms with Gasteiger partial charge in [0.05, 0.1) is 18.2 Å². The van der Waals surface area contributed by atoms with Crippen molar-refractivity contribution in [3.8, 4) is 11.1 Å². The standard InChI is InChI=1S/C19H19N5O2/c25-18-8-17(20-12-21-18)15-5-2-6-24(11-15)19(26)14-4-1-3-13(7-14)16-9-22-23-10-16/h1,3-4,7-10,12,15H,2,5-6,11H2,(H,22,23)(H,20,21,25)/t15-/m0/s1. The maximum atomic E-state index is 13.0. The first-order valence-corrected chi connectivity index (χ1v) is 8.64. The predicted octanol–water partition coefficient (Wildman–Crippen LogP) is 2.18. The Labute approximate surface area is 150 Å². The van der Waals surface area contributed by atoms with E-state index in [9.17, 15) is 9.59 Å². The zero-order chi connectivity index (χ0) is 17.9. The minimum atomic E-state index is -0.161. The Bertz CT molecular complexity index is 964. The second kappa shape index (κ2) is 6.95. The highest BCUT2D eigenvalue weighted by Gasteiger charge is 2.26. The molecule has 3 aromatic rings. The molecule has 1 fully saturated rings. The van der Waals surface area contributed by atoms with E-state index in [1.54, 1.807) is 12.4 Å². The van der Waals surface area contributed by atoms with Crippen LogP contribution in [0.25, 0.3) is 11.1 Å². The van der Waals surface area contributed by atoms with E-state index in [4.69, 9.17) is 0 Å². The third kappa shape index (κ3) is 3.28. The zero-order valence-electron chi connectivity index (χ0n) is 14.2. The summed E-state index contributed by atoms with van der Waals surface area (Å²) in [5.41, 5.74) is 3.14. The lowest BCUT2D eigenvalue weighted by atomic mass is 9.94. The number of nitrogens with one attached hydrogen (secondary N) is 2. The van der Waals surface area contributed by atoms with Gasteiger partial charge in [-0.1, -0.05) is 12.1 Å². The molecule has 1 aliphatic rings. The van der Waals surface area contributed by atoms with E-state index in [1.165, 1.54) is 12.4 Å². The number of likely N-dealkylation sites (tertiary alicyclic amines) is 1. The molecule has 132 valence electrons. The normalized spacial score (nSPS) is 17.2. The van der Waals surface area contributed by atoms with Gasteiger partial charge in [-0.05, 0) is 30.5 Å². The first kappa shape index (κ1) is 16.3. The van der Waals surface area contributed by atoms with Crippen LogP contribution in [0.5, 0.6) is 0 Å². The summed E-state index contributed by atoms with van der Waals surface area (Å²) in [6.07, 6.45) is 6.78. The molecule has 0 saturated carbocycles. The van der Waals surface area contributed by atoms with E-state index in [2.05, 4.69) is 20.2 Å². The van der Waals surface area contributed by atoms with Gasteiger partial charge in [0.1, 0.15) is 0 Å². The number of aromatic amines is 2. The monoisotopic (exact) mass is 349 g/mol. The van der Waals surface area contributed by atoms with Crippen LogP contribution in [0.4, 0.5) is 0 Å². The van der Waals surface area contributed by atoms with Gasteiger partial charge >= 0.3 is 0 Å². The Morgan fingerprint density at radius 2 is 2.15 bits per heavy atom. The van der Waals surface area contributed by atoms with Crippen molar-refractivity contribution >= 4 is 5.91 Å². The fourth-order valence-corrected chi connectivity index (χ4v) is 3.43. The SMILES string of the molecule is O=C(c1cccc(-c2cn[nH]c2)c1)N1CCC[C@H](c2cc(=O)[nH]cn2)C1. The summed E-state index contributed by atoms with van der Waals surface area (Å²) in [6, 6.07) is 9.09. The fourth-order valence-electron chi connectivity index (χ4n) is 3.43. The van der Waals surface area contributed by atoms with Crippen LogP contribution >= 0.6 is 0 Å². The van der Waals surface area contributed by atoms with Gasteiger partial charge in [0.2, 0.25) is 0 Å². The van der Waals surface area contributed by atoms with Gasteiger partial charge in [-0.15, -0.1) is 0 Å². The molecule has 0 bridgehead atoms. The fraction of sp³-hybridized carbons (Fsp3) is 0.263. The third-order valence-corrected chi connectivity index (χ3v) is 4.77. The molecule has 7 nitrogen and oxygen atoms in total. The Hall–Kier alpha value is -3.22. The average molecular weight is 349 g/mol. The minimum Gasteiger partial charge on any atom is -0.338 e. The number of piperidine rings is 1.